The smallest absolute Gasteiger partial charge is 0.167 e. The second kappa shape index (κ2) is 5.92. The van der Waals surface area contributed by atoms with Crippen LogP contribution < -0.4 is 0 Å². The molecule has 2 heteroatoms. The van der Waals surface area contributed by atoms with Crippen LogP contribution in [0.4, 0.5) is 0 Å². The summed E-state index contributed by atoms with van der Waals surface area (Å²) in [5.74, 6) is 0.173. The van der Waals surface area contributed by atoms with Crippen LogP contribution in [-0.2, 0) is 6.42 Å². The van der Waals surface area contributed by atoms with Gasteiger partial charge in [-0.05, 0) is 67.6 Å². The maximum Gasteiger partial charge on any atom is 0.167 e. The fourth-order valence-electron chi connectivity index (χ4n) is 2.31. The predicted molar refractivity (Wildman–Crippen MR) is 87.6 cm³/mol. The molecule has 0 saturated heterocycles. The molecule has 0 atom stereocenters. The van der Waals surface area contributed by atoms with Crippen LogP contribution in [0.15, 0.2) is 34.8 Å². The van der Waals surface area contributed by atoms with Crippen LogP contribution in [-0.4, -0.2) is 5.78 Å². The van der Waals surface area contributed by atoms with E-state index in [0.717, 1.165) is 26.7 Å². The van der Waals surface area contributed by atoms with Crippen molar-refractivity contribution in [2.75, 3.05) is 0 Å². The Morgan fingerprint density at radius 3 is 2.05 bits per heavy atom. The normalized spacial score (nSPS) is 10.7. The average molecular weight is 331 g/mol. The van der Waals surface area contributed by atoms with E-state index < -0.39 is 0 Å². The van der Waals surface area contributed by atoms with Crippen LogP contribution in [0.3, 0.4) is 0 Å². The number of benzene rings is 2. The summed E-state index contributed by atoms with van der Waals surface area (Å²) in [6.45, 7) is 8.20. The number of carbonyl (C=O) groups is 1. The third kappa shape index (κ3) is 3.18. The second-order valence-corrected chi connectivity index (χ2v) is 6.24. The maximum absolute atomic E-state index is 12.4. The van der Waals surface area contributed by atoms with Crippen molar-refractivity contribution in [1.29, 1.82) is 0 Å². The zero-order valence-electron chi connectivity index (χ0n) is 12.4. The van der Waals surface area contributed by atoms with Crippen LogP contribution in [0.1, 0.15) is 38.2 Å². The summed E-state index contributed by atoms with van der Waals surface area (Å²) in [5, 5.41) is 0. The van der Waals surface area contributed by atoms with Crippen LogP contribution >= 0.6 is 15.9 Å². The number of hydrogen-bond acceptors (Lipinski definition) is 1. The molecule has 20 heavy (non-hydrogen) atoms. The second-order valence-electron chi connectivity index (χ2n) is 5.44. The highest BCUT2D eigenvalue weighted by atomic mass is 79.9. The number of hydrogen-bond donors (Lipinski definition) is 0. The number of carbonyl (C=O) groups excluding carboxylic acids is 1. The van der Waals surface area contributed by atoms with Crippen molar-refractivity contribution in [2.24, 2.45) is 0 Å². The molecule has 0 N–H and O–H groups in total. The fourth-order valence-corrected chi connectivity index (χ4v) is 2.54. The van der Waals surface area contributed by atoms with Crippen LogP contribution in [0.25, 0.3) is 0 Å². The van der Waals surface area contributed by atoms with Crippen molar-refractivity contribution < 1.29 is 4.79 Å². The molecular formula is C18H19BrO. The first kappa shape index (κ1) is 15.0. The predicted octanol–water partition coefficient (Wildman–Crippen LogP) is 5.11. The van der Waals surface area contributed by atoms with E-state index in [2.05, 4.69) is 41.9 Å². The Morgan fingerprint density at radius 1 is 0.900 bits per heavy atom. The van der Waals surface area contributed by atoms with E-state index in [9.17, 15) is 4.79 Å². The molecule has 104 valence electrons. The molecular weight excluding hydrogens is 312 g/mol. The van der Waals surface area contributed by atoms with Gasteiger partial charge in [0.25, 0.3) is 0 Å². The Morgan fingerprint density at radius 2 is 1.50 bits per heavy atom. The first-order chi connectivity index (χ1) is 9.38. The summed E-state index contributed by atoms with van der Waals surface area (Å²) in [6, 6.07) is 10.1. The number of halogens is 1. The highest BCUT2D eigenvalue weighted by molar-refractivity contribution is 9.10. The third-order valence-electron chi connectivity index (χ3n) is 3.69. The van der Waals surface area contributed by atoms with Crippen molar-refractivity contribution in [3.05, 3.63) is 68.2 Å². The molecule has 0 saturated carbocycles. The van der Waals surface area contributed by atoms with Crippen LogP contribution in [0.2, 0.25) is 0 Å². The molecule has 0 fully saturated rings. The minimum Gasteiger partial charge on any atom is -0.294 e. The molecule has 0 radical (unpaired) electrons. The molecule has 0 bridgehead atoms. The van der Waals surface area contributed by atoms with Gasteiger partial charge in [0.15, 0.2) is 5.78 Å². The lowest BCUT2D eigenvalue weighted by molar-refractivity contribution is 0.0993. The Balaban J connectivity index is 2.26. The van der Waals surface area contributed by atoms with Gasteiger partial charge < -0.3 is 0 Å². The Labute approximate surface area is 129 Å². The van der Waals surface area contributed by atoms with E-state index in [1.54, 1.807) is 0 Å². The van der Waals surface area contributed by atoms with E-state index in [4.69, 9.17) is 0 Å². The van der Waals surface area contributed by atoms with Crippen molar-refractivity contribution >= 4 is 21.7 Å². The fraction of sp³-hybridized carbons (Fsp3) is 0.278. The Kier molecular flexibility index (Phi) is 4.44. The maximum atomic E-state index is 12.4. The molecule has 1 nitrogen and oxygen atoms in total. The van der Waals surface area contributed by atoms with Gasteiger partial charge in [-0.1, -0.05) is 34.1 Å². The molecule has 2 aromatic carbocycles. The third-order valence-corrected chi connectivity index (χ3v) is 4.95. The molecule has 0 unspecified atom stereocenters. The van der Waals surface area contributed by atoms with Crippen molar-refractivity contribution in [3.63, 3.8) is 0 Å². The minimum absolute atomic E-state index is 0.173. The first-order valence-corrected chi connectivity index (χ1v) is 7.54. The van der Waals surface area contributed by atoms with Gasteiger partial charge in [0, 0.05) is 16.5 Å². The van der Waals surface area contributed by atoms with Gasteiger partial charge in [0.05, 0.1) is 0 Å². The molecule has 2 rings (SSSR count). The molecule has 0 aliphatic carbocycles. The van der Waals surface area contributed by atoms with Crippen molar-refractivity contribution in [2.45, 2.75) is 34.1 Å². The Hall–Kier alpha value is -1.41. The monoisotopic (exact) mass is 330 g/mol. The van der Waals surface area contributed by atoms with E-state index in [0.29, 0.717) is 6.42 Å². The SMILES string of the molecule is Cc1ccc(CC(=O)c2cc(C)c(Br)c(C)c2)cc1C. The summed E-state index contributed by atoms with van der Waals surface area (Å²) >= 11 is 3.54. The van der Waals surface area contributed by atoms with Gasteiger partial charge in [-0.2, -0.15) is 0 Å². The van der Waals surface area contributed by atoms with Gasteiger partial charge >= 0.3 is 0 Å². The molecule has 0 aliphatic rings. The quantitative estimate of drug-likeness (QED) is 0.715. The van der Waals surface area contributed by atoms with Crippen molar-refractivity contribution in [1.82, 2.24) is 0 Å². The average Bonchev–Trinajstić information content (AvgIpc) is 2.39. The van der Waals surface area contributed by atoms with Gasteiger partial charge in [-0.25, -0.2) is 0 Å². The molecule has 0 aliphatic heterocycles. The zero-order chi connectivity index (χ0) is 14.9. The van der Waals surface area contributed by atoms with Gasteiger partial charge in [0.1, 0.15) is 0 Å². The van der Waals surface area contributed by atoms with Gasteiger partial charge in [-0.15, -0.1) is 0 Å². The van der Waals surface area contributed by atoms with Gasteiger partial charge in [0.2, 0.25) is 0 Å². The lowest BCUT2D eigenvalue weighted by Crippen LogP contribution is -2.05. The van der Waals surface area contributed by atoms with E-state index in [1.165, 1.54) is 11.1 Å². The summed E-state index contributed by atoms with van der Waals surface area (Å²) in [4.78, 5) is 12.4. The highest BCUT2D eigenvalue weighted by Gasteiger charge is 2.11. The zero-order valence-corrected chi connectivity index (χ0v) is 14.0. The number of aryl methyl sites for hydroxylation is 4. The van der Waals surface area contributed by atoms with Gasteiger partial charge in [-0.3, -0.25) is 4.79 Å². The molecule has 0 aromatic heterocycles. The largest absolute Gasteiger partial charge is 0.294 e. The topological polar surface area (TPSA) is 17.1 Å². The van der Waals surface area contributed by atoms with E-state index >= 15 is 0 Å². The first-order valence-electron chi connectivity index (χ1n) is 6.74. The molecule has 0 heterocycles. The van der Waals surface area contributed by atoms with E-state index in [1.807, 2.05) is 32.0 Å². The number of Topliss-reactive ketones (excluding diaryl/α,β-unsaturated/α-hetero) is 1. The standard InChI is InChI=1S/C18H19BrO/c1-11-5-6-15(7-12(11)2)10-17(20)16-8-13(3)18(19)14(4)9-16/h5-9H,10H2,1-4H3. The molecule has 0 amide bonds. The van der Waals surface area contributed by atoms with Crippen LogP contribution in [0, 0.1) is 27.7 Å². The summed E-state index contributed by atoms with van der Waals surface area (Å²) in [6.07, 6.45) is 0.460. The summed E-state index contributed by atoms with van der Waals surface area (Å²) < 4.78 is 1.08. The number of ketones is 1. The highest BCUT2D eigenvalue weighted by Crippen LogP contribution is 2.23. The summed E-state index contributed by atoms with van der Waals surface area (Å²) in [7, 11) is 0. The minimum atomic E-state index is 0.173. The lowest BCUT2D eigenvalue weighted by Gasteiger charge is -2.08. The summed E-state index contributed by atoms with van der Waals surface area (Å²) in [5.41, 5.74) is 6.58. The van der Waals surface area contributed by atoms with Crippen molar-refractivity contribution in [3.8, 4) is 0 Å². The molecule has 0 spiro atoms. The molecule has 2 aromatic rings. The Bertz CT molecular complexity index is 648. The number of rotatable bonds is 3. The van der Waals surface area contributed by atoms with E-state index in [-0.39, 0.29) is 5.78 Å². The lowest BCUT2D eigenvalue weighted by atomic mass is 9.97. The van der Waals surface area contributed by atoms with Crippen LogP contribution in [0.5, 0.6) is 0 Å².